The Balaban J connectivity index is 1.75. The predicted octanol–water partition coefficient (Wildman–Crippen LogP) is 2.06. The first kappa shape index (κ1) is 11.9. The second kappa shape index (κ2) is 5.17. The van der Waals surface area contributed by atoms with Crippen molar-refractivity contribution in [2.45, 2.75) is 45.6 Å². The minimum absolute atomic E-state index is 0.187. The smallest absolute Gasteiger partial charge is 0.251 e. The van der Waals surface area contributed by atoms with Crippen LogP contribution in [0, 0.1) is 11.8 Å². The van der Waals surface area contributed by atoms with E-state index in [0.29, 0.717) is 5.92 Å². The third-order valence-electron chi connectivity index (χ3n) is 3.60. The molecule has 0 aromatic rings. The van der Waals surface area contributed by atoms with E-state index in [9.17, 15) is 4.79 Å². The van der Waals surface area contributed by atoms with Crippen molar-refractivity contribution in [1.82, 2.24) is 4.90 Å². The van der Waals surface area contributed by atoms with Gasteiger partial charge in [-0.15, -0.1) is 0 Å². The summed E-state index contributed by atoms with van der Waals surface area (Å²) in [5.41, 5.74) is 0. The van der Waals surface area contributed by atoms with Crippen LogP contribution in [0.5, 0.6) is 0 Å². The van der Waals surface area contributed by atoms with Gasteiger partial charge >= 0.3 is 0 Å². The lowest BCUT2D eigenvalue weighted by atomic mass is 10.00. The second-order valence-corrected chi connectivity index (χ2v) is 5.45. The van der Waals surface area contributed by atoms with E-state index >= 15 is 0 Å². The first-order valence-electron chi connectivity index (χ1n) is 6.57. The number of rotatable bonds is 4. The van der Waals surface area contributed by atoms with Crippen molar-refractivity contribution in [3.63, 3.8) is 0 Å². The van der Waals surface area contributed by atoms with Crippen LogP contribution in [0.3, 0.4) is 0 Å². The Kier molecular flexibility index (Phi) is 3.85. The summed E-state index contributed by atoms with van der Waals surface area (Å²) in [4.78, 5) is 14.1. The van der Waals surface area contributed by atoms with Gasteiger partial charge in [-0.2, -0.15) is 0 Å². The van der Waals surface area contributed by atoms with Crippen molar-refractivity contribution < 1.29 is 9.53 Å². The molecule has 0 spiro atoms. The molecule has 92 valence electrons. The fraction of sp³-hybridized carbons (Fsp3) is 0.923. The molecule has 1 heterocycles. The van der Waals surface area contributed by atoms with Gasteiger partial charge in [0.1, 0.15) is 6.10 Å². The SMILES string of the molecule is C[C@H]1CCCN(C(=O)[C@@H](C)OCC2CC2)C1. The van der Waals surface area contributed by atoms with Crippen LogP contribution in [0.4, 0.5) is 0 Å². The third kappa shape index (κ3) is 3.21. The maximum absolute atomic E-state index is 12.1. The Morgan fingerprint density at radius 3 is 2.81 bits per heavy atom. The molecule has 0 radical (unpaired) electrons. The van der Waals surface area contributed by atoms with Gasteiger partial charge < -0.3 is 9.64 Å². The lowest BCUT2D eigenvalue weighted by Gasteiger charge is -2.32. The summed E-state index contributed by atoms with van der Waals surface area (Å²) in [5.74, 6) is 1.57. The van der Waals surface area contributed by atoms with Crippen LogP contribution in [0.25, 0.3) is 0 Å². The zero-order chi connectivity index (χ0) is 11.5. The zero-order valence-corrected chi connectivity index (χ0v) is 10.4. The Morgan fingerprint density at radius 2 is 2.19 bits per heavy atom. The number of carbonyl (C=O) groups excluding carboxylic acids is 1. The van der Waals surface area contributed by atoms with Crippen molar-refractivity contribution in [2.24, 2.45) is 11.8 Å². The van der Waals surface area contributed by atoms with E-state index in [2.05, 4.69) is 6.92 Å². The molecule has 1 saturated heterocycles. The standard InChI is InChI=1S/C13H23NO2/c1-10-4-3-7-14(8-10)13(15)11(2)16-9-12-5-6-12/h10-12H,3-9H2,1-2H3/t10-,11+/m0/s1. The fourth-order valence-electron chi connectivity index (χ4n) is 2.28. The lowest BCUT2D eigenvalue weighted by molar-refractivity contribution is -0.144. The van der Waals surface area contributed by atoms with E-state index < -0.39 is 0 Å². The van der Waals surface area contributed by atoms with E-state index in [1.165, 1.54) is 19.3 Å². The van der Waals surface area contributed by atoms with Gasteiger partial charge in [-0.25, -0.2) is 0 Å². The number of amides is 1. The van der Waals surface area contributed by atoms with E-state index in [0.717, 1.165) is 32.0 Å². The minimum atomic E-state index is -0.245. The number of nitrogens with zero attached hydrogens (tertiary/aromatic N) is 1. The summed E-state index contributed by atoms with van der Waals surface area (Å²) in [5, 5.41) is 0. The molecular weight excluding hydrogens is 202 g/mol. The van der Waals surface area contributed by atoms with Crippen LogP contribution < -0.4 is 0 Å². The van der Waals surface area contributed by atoms with Gasteiger partial charge in [-0.3, -0.25) is 4.79 Å². The Bertz CT molecular complexity index is 250. The number of ether oxygens (including phenoxy) is 1. The number of likely N-dealkylation sites (tertiary alicyclic amines) is 1. The number of hydrogen-bond donors (Lipinski definition) is 0. The van der Waals surface area contributed by atoms with Gasteiger partial charge in [0.15, 0.2) is 0 Å². The lowest BCUT2D eigenvalue weighted by Crippen LogP contribution is -2.44. The highest BCUT2D eigenvalue weighted by molar-refractivity contribution is 5.80. The fourth-order valence-corrected chi connectivity index (χ4v) is 2.28. The van der Waals surface area contributed by atoms with Crippen LogP contribution in [-0.2, 0) is 9.53 Å². The first-order valence-corrected chi connectivity index (χ1v) is 6.57. The molecule has 1 amide bonds. The summed E-state index contributed by atoms with van der Waals surface area (Å²) >= 11 is 0. The van der Waals surface area contributed by atoms with Crippen molar-refractivity contribution >= 4 is 5.91 Å². The average molecular weight is 225 g/mol. The largest absolute Gasteiger partial charge is 0.368 e. The molecule has 0 unspecified atom stereocenters. The molecule has 1 aliphatic heterocycles. The molecular formula is C13H23NO2. The van der Waals surface area contributed by atoms with Crippen molar-refractivity contribution in [3.8, 4) is 0 Å². The van der Waals surface area contributed by atoms with E-state index in [1.807, 2.05) is 11.8 Å². The van der Waals surface area contributed by atoms with Crippen LogP contribution in [0.15, 0.2) is 0 Å². The molecule has 0 aromatic heterocycles. The van der Waals surface area contributed by atoms with Crippen LogP contribution >= 0.6 is 0 Å². The zero-order valence-electron chi connectivity index (χ0n) is 10.4. The van der Waals surface area contributed by atoms with Crippen molar-refractivity contribution in [1.29, 1.82) is 0 Å². The highest BCUT2D eigenvalue weighted by Gasteiger charge is 2.28. The van der Waals surface area contributed by atoms with Gasteiger partial charge in [-0.1, -0.05) is 6.92 Å². The summed E-state index contributed by atoms with van der Waals surface area (Å²) in [6.07, 6.45) is 4.71. The van der Waals surface area contributed by atoms with Gasteiger partial charge in [0.2, 0.25) is 0 Å². The summed E-state index contributed by atoms with van der Waals surface area (Å²) < 4.78 is 5.62. The monoisotopic (exact) mass is 225 g/mol. The molecule has 2 fully saturated rings. The van der Waals surface area contributed by atoms with Crippen molar-refractivity contribution in [2.75, 3.05) is 19.7 Å². The van der Waals surface area contributed by atoms with Gasteiger partial charge in [-0.05, 0) is 44.4 Å². The molecule has 2 aliphatic rings. The van der Waals surface area contributed by atoms with E-state index in [4.69, 9.17) is 4.74 Å². The summed E-state index contributed by atoms with van der Waals surface area (Å²) in [7, 11) is 0. The molecule has 0 aromatic carbocycles. The second-order valence-electron chi connectivity index (χ2n) is 5.45. The predicted molar refractivity (Wildman–Crippen MR) is 63.1 cm³/mol. The Hall–Kier alpha value is -0.570. The minimum Gasteiger partial charge on any atom is -0.368 e. The molecule has 1 saturated carbocycles. The normalized spacial score (nSPS) is 27.9. The molecule has 16 heavy (non-hydrogen) atoms. The third-order valence-corrected chi connectivity index (χ3v) is 3.60. The Labute approximate surface area is 98.1 Å². The molecule has 2 rings (SSSR count). The van der Waals surface area contributed by atoms with Crippen LogP contribution in [0.1, 0.15) is 39.5 Å². The van der Waals surface area contributed by atoms with Gasteiger partial charge in [0.25, 0.3) is 5.91 Å². The highest BCUT2D eigenvalue weighted by Crippen LogP contribution is 2.29. The maximum atomic E-state index is 12.1. The number of hydrogen-bond acceptors (Lipinski definition) is 2. The topological polar surface area (TPSA) is 29.5 Å². The first-order chi connectivity index (χ1) is 7.66. The van der Waals surface area contributed by atoms with Gasteiger partial charge in [0, 0.05) is 13.1 Å². The molecule has 0 N–H and O–H groups in total. The quantitative estimate of drug-likeness (QED) is 0.733. The van der Waals surface area contributed by atoms with E-state index in [-0.39, 0.29) is 12.0 Å². The summed E-state index contributed by atoms with van der Waals surface area (Å²) in [6, 6.07) is 0. The average Bonchev–Trinajstić information content (AvgIpc) is 3.08. The summed E-state index contributed by atoms with van der Waals surface area (Å²) in [6.45, 7) is 6.71. The number of piperidine rings is 1. The molecule has 2 atom stereocenters. The van der Waals surface area contributed by atoms with Crippen molar-refractivity contribution in [3.05, 3.63) is 0 Å². The maximum Gasteiger partial charge on any atom is 0.251 e. The number of carbonyl (C=O) groups is 1. The Morgan fingerprint density at radius 1 is 1.44 bits per heavy atom. The van der Waals surface area contributed by atoms with Gasteiger partial charge in [0.05, 0.1) is 6.61 Å². The molecule has 3 heteroatoms. The molecule has 3 nitrogen and oxygen atoms in total. The van der Waals surface area contributed by atoms with Crippen LogP contribution in [0.2, 0.25) is 0 Å². The highest BCUT2D eigenvalue weighted by atomic mass is 16.5. The van der Waals surface area contributed by atoms with E-state index in [1.54, 1.807) is 0 Å². The molecule has 0 bridgehead atoms. The van der Waals surface area contributed by atoms with Crippen LogP contribution in [-0.4, -0.2) is 36.6 Å². The molecule has 1 aliphatic carbocycles.